The van der Waals surface area contributed by atoms with Crippen LogP contribution in [-0.4, -0.2) is 28.1 Å². The van der Waals surface area contributed by atoms with Gasteiger partial charge in [0.2, 0.25) is 5.91 Å². The van der Waals surface area contributed by atoms with Gasteiger partial charge in [-0.1, -0.05) is 13.0 Å². The maximum absolute atomic E-state index is 11.7. The van der Waals surface area contributed by atoms with Crippen LogP contribution >= 0.6 is 11.8 Å². The highest BCUT2D eigenvalue weighted by molar-refractivity contribution is 7.99. The Bertz CT molecular complexity index is 405. The zero-order valence-corrected chi connectivity index (χ0v) is 11.9. The predicted octanol–water partition coefficient (Wildman–Crippen LogP) is 3.27. The van der Waals surface area contributed by atoms with E-state index in [1.165, 1.54) is 12.0 Å². The lowest BCUT2D eigenvalue weighted by Gasteiger charge is -2.35. The maximum atomic E-state index is 11.7. The lowest BCUT2D eigenvalue weighted by atomic mass is 9.96. The molecule has 4 heteroatoms. The molecule has 98 valence electrons. The predicted molar refractivity (Wildman–Crippen MR) is 74.6 cm³/mol. The SMILES string of the molecule is CCSc1ccc([C@@H]2CCCCN2C(C)=O)cn1. The van der Waals surface area contributed by atoms with Crippen LogP contribution in [0.25, 0.3) is 0 Å². The van der Waals surface area contributed by atoms with E-state index in [9.17, 15) is 4.79 Å². The van der Waals surface area contributed by atoms with Gasteiger partial charge in [0.15, 0.2) is 0 Å². The van der Waals surface area contributed by atoms with E-state index in [1.54, 1.807) is 18.7 Å². The Kier molecular flexibility index (Phi) is 4.64. The molecule has 0 unspecified atom stereocenters. The van der Waals surface area contributed by atoms with Crippen LogP contribution in [0.15, 0.2) is 23.4 Å². The average molecular weight is 264 g/mol. The Morgan fingerprint density at radius 3 is 2.94 bits per heavy atom. The normalized spacial score (nSPS) is 19.9. The number of piperidine rings is 1. The second-order valence-corrected chi connectivity index (χ2v) is 5.87. The summed E-state index contributed by atoms with van der Waals surface area (Å²) in [7, 11) is 0. The van der Waals surface area contributed by atoms with E-state index in [0.29, 0.717) is 0 Å². The standard InChI is InChI=1S/C14H20N2OS/c1-3-18-14-8-7-12(10-15-14)13-6-4-5-9-16(13)11(2)17/h7-8,10,13H,3-6,9H2,1-2H3/t13-/m0/s1. The van der Waals surface area contributed by atoms with E-state index in [1.807, 2.05) is 11.1 Å². The molecule has 0 spiro atoms. The topological polar surface area (TPSA) is 33.2 Å². The largest absolute Gasteiger partial charge is 0.336 e. The Balaban J connectivity index is 2.15. The number of carbonyl (C=O) groups excluding carboxylic acids is 1. The van der Waals surface area contributed by atoms with Gasteiger partial charge in [0.05, 0.1) is 11.1 Å². The number of thioether (sulfide) groups is 1. The third-order valence-electron chi connectivity index (χ3n) is 3.34. The Labute approximate surface area is 113 Å². The maximum Gasteiger partial charge on any atom is 0.219 e. The van der Waals surface area contributed by atoms with Crippen molar-refractivity contribution in [3.8, 4) is 0 Å². The van der Waals surface area contributed by atoms with Gasteiger partial charge < -0.3 is 4.90 Å². The third kappa shape index (κ3) is 3.05. The van der Waals surface area contributed by atoms with Gasteiger partial charge in [0.25, 0.3) is 0 Å². The summed E-state index contributed by atoms with van der Waals surface area (Å²) in [6.07, 6.45) is 5.30. The first-order chi connectivity index (χ1) is 8.72. The smallest absolute Gasteiger partial charge is 0.219 e. The number of pyridine rings is 1. The monoisotopic (exact) mass is 264 g/mol. The molecule has 18 heavy (non-hydrogen) atoms. The number of nitrogens with zero attached hydrogens (tertiary/aromatic N) is 2. The van der Waals surface area contributed by atoms with Crippen LogP contribution < -0.4 is 0 Å². The van der Waals surface area contributed by atoms with Crippen molar-refractivity contribution < 1.29 is 4.79 Å². The van der Waals surface area contributed by atoms with Crippen LogP contribution in [0.2, 0.25) is 0 Å². The Hall–Kier alpha value is -1.03. The van der Waals surface area contributed by atoms with Crippen LogP contribution in [-0.2, 0) is 4.79 Å². The van der Waals surface area contributed by atoms with Crippen molar-refractivity contribution in [2.24, 2.45) is 0 Å². The molecular formula is C14H20N2OS. The zero-order chi connectivity index (χ0) is 13.0. The summed E-state index contributed by atoms with van der Waals surface area (Å²) in [5, 5.41) is 1.06. The van der Waals surface area contributed by atoms with E-state index in [-0.39, 0.29) is 11.9 Å². The molecule has 2 heterocycles. The number of amides is 1. The summed E-state index contributed by atoms with van der Waals surface area (Å²) < 4.78 is 0. The molecule has 1 saturated heterocycles. The molecule has 0 aliphatic carbocycles. The lowest BCUT2D eigenvalue weighted by molar-refractivity contribution is -0.132. The number of carbonyl (C=O) groups is 1. The molecule has 0 bridgehead atoms. The van der Waals surface area contributed by atoms with Gasteiger partial charge in [-0.25, -0.2) is 4.98 Å². The summed E-state index contributed by atoms with van der Waals surface area (Å²) in [5.74, 6) is 1.21. The molecule has 0 radical (unpaired) electrons. The van der Waals surface area contributed by atoms with Crippen molar-refractivity contribution in [2.45, 2.75) is 44.2 Å². The average Bonchev–Trinajstić information content (AvgIpc) is 2.40. The van der Waals surface area contributed by atoms with Gasteiger partial charge in [0, 0.05) is 19.7 Å². The number of likely N-dealkylation sites (tertiary alicyclic amines) is 1. The fourth-order valence-corrected chi connectivity index (χ4v) is 3.06. The summed E-state index contributed by atoms with van der Waals surface area (Å²) in [5.41, 5.74) is 1.17. The molecule has 0 N–H and O–H groups in total. The molecule has 2 rings (SSSR count). The molecule has 1 aliphatic rings. The van der Waals surface area contributed by atoms with E-state index in [0.717, 1.165) is 30.2 Å². The van der Waals surface area contributed by atoms with Crippen molar-refractivity contribution >= 4 is 17.7 Å². The fraction of sp³-hybridized carbons (Fsp3) is 0.571. The second-order valence-electron chi connectivity index (χ2n) is 4.59. The molecule has 0 saturated carbocycles. The molecule has 1 fully saturated rings. The minimum atomic E-state index is 0.173. The highest BCUT2D eigenvalue weighted by Gasteiger charge is 2.25. The highest BCUT2D eigenvalue weighted by Crippen LogP contribution is 2.31. The van der Waals surface area contributed by atoms with E-state index < -0.39 is 0 Å². The van der Waals surface area contributed by atoms with Gasteiger partial charge in [-0.3, -0.25) is 4.79 Å². The van der Waals surface area contributed by atoms with Gasteiger partial charge in [-0.15, -0.1) is 11.8 Å². The number of rotatable bonds is 3. The third-order valence-corrected chi connectivity index (χ3v) is 4.17. The van der Waals surface area contributed by atoms with Crippen LogP contribution in [0, 0.1) is 0 Å². The van der Waals surface area contributed by atoms with Gasteiger partial charge in [0.1, 0.15) is 0 Å². The van der Waals surface area contributed by atoms with Gasteiger partial charge >= 0.3 is 0 Å². The summed E-state index contributed by atoms with van der Waals surface area (Å²) >= 11 is 1.75. The zero-order valence-electron chi connectivity index (χ0n) is 11.1. The molecular weight excluding hydrogens is 244 g/mol. The summed E-state index contributed by atoms with van der Waals surface area (Å²) in [6, 6.07) is 4.41. The van der Waals surface area contributed by atoms with E-state index in [4.69, 9.17) is 0 Å². The first kappa shape index (κ1) is 13.4. The number of aromatic nitrogens is 1. The van der Waals surface area contributed by atoms with Crippen LogP contribution in [0.4, 0.5) is 0 Å². The molecule has 1 aliphatic heterocycles. The first-order valence-electron chi connectivity index (χ1n) is 6.58. The lowest BCUT2D eigenvalue weighted by Crippen LogP contribution is -2.36. The Morgan fingerprint density at radius 2 is 2.33 bits per heavy atom. The van der Waals surface area contributed by atoms with Gasteiger partial charge in [-0.05, 0) is 36.6 Å². The van der Waals surface area contributed by atoms with E-state index >= 15 is 0 Å². The van der Waals surface area contributed by atoms with Crippen LogP contribution in [0.1, 0.15) is 44.7 Å². The van der Waals surface area contributed by atoms with Crippen molar-refractivity contribution in [1.82, 2.24) is 9.88 Å². The molecule has 3 nitrogen and oxygen atoms in total. The van der Waals surface area contributed by atoms with Crippen molar-refractivity contribution in [3.05, 3.63) is 23.9 Å². The van der Waals surface area contributed by atoms with Gasteiger partial charge in [-0.2, -0.15) is 0 Å². The number of hydrogen-bond donors (Lipinski definition) is 0. The number of hydrogen-bond acceptors (Lipinski definition) is 3. The minimum Gasteiger partial charge on any atom is -0.336 e. The van der Waals surface area contributed by atoms with E-state index in [2.05, 4.69) is 24.0 Å². The first-order valence-corrected chi connectivity index (χ1v) is 7.57. The van der Waals surface area contributed by atoms with Crippen LogP contribution in [0.3, 0.4) is 0 Å². The quantitative estimate of drug-likeness (QED) is 0.786. The molecule has 0 aromatic carbocycles. The minimum absolute atomic E-state index is 0.173. The van der Waals surface area contributed by atoms with Crippen LogP contribution in [0.5, 0.6) is 0 Å². The van der Waals surface area contributed by atoms with Crippen molar-refractivity contribution in [2.75, 3.05) is 12.3 Å². The highest BCUT2D eigenvalue weighted by atomic mass is 32.2. The Morgan fingerprint density at radius 1 is 1.50 bits per heavy atom. The van der Waals surface area contributed by atoms with Crippen molar-refractivity contribution in [3.63, 3.8) is 0 Å². The molecule has 1 atom stereocenters. The second kappa shape index (κ2) is 6.23. The van der Waals surface area contributed by atoms with Crippen molar-refractivity contribution in [1.29, 1.82) is 0 Å². The summed E-state index contributed by atoms with van der Waals surface area (Å²) in [4.78, 5) is 18.1. The molecule has 1 amide bonds. The molecule has 1 aromatic heterocycles. The molecule has 1 aromatic rings. The fourth-order valence-electron chi connectivity index (χ4n) is 2.48. The summed E-state index contributed by atoms with van der Waals surface area (Å²) in [6.45, 7) is 4.66.